The SMILES string of the molecule is CCCOC1CCCN(C2COCCC2N)C1. The Morgan fingerprint density at radius 3 is 3.06 bits per heavy atom. The molecule has 2 fully saturated rings. The van der Waals surface area contributed by atoms with E-state index in [0.717, 1.165) is 45.8 Å². The van der Waals surface area contributed by atoms with Gasteiger partial charge in [-0.05, 0) is 32.2 Å². The maximum Gasteiger partial charge on any atom is 0.0702 e. The van der Waals surface area contributed by atoms with Crippen molar-refractivity contribution in [2.24, 2.45) is 5.73 Å². The van der Waals surface area contributed by atoms with E-state index in [2.05, 4.69) is 11.8 Å². The maximum atomic E-state index is 6.19. The van der Waals surface area contributed by atoms with E-state index < -0.39 is 0 Å². The van der Waals surface area contributed by atoms with E-state index in [1.165, 1.54) is 12.8 Å². The molecule has 0 aromatic carbocycles. The summed E-state index contributed by atoms with van der Waals surface area (Å²) in [6.07, 6.45) is 4.90. The molecule has 0 aliphatic carbocycles. The van der Waals surface area contributed by atoms with Gasteiger partial charge in [0, 0.05) is 31.8 Å². The van der Waals surface area contributed by atoms with Gasteiger partial charge < -0.3 is 15.2 Å². The average molecular weight is 242 g/mol. The van der Waals surface area contributed by atoms with Crippen LogP contribution in [0.3, 0.4) is 0 Å². The molecule has 2 heterocycles. The highest BCUT2D eigenvalue weighted by molar-refractivity contribution is 4.88. The van der Waals surface area contributed by atoms with E-state index in [9.17, 15) is 0 Å². The molecule has 4 heteroatoms. The number of nitrogens with zero attached hydrogens (tertiary/aromatic N) is 1. The van der Waals surface area contributed by atoms with Gasteiger partial charge in [-0.2, -0.15) is 0 Å². The van der Waals surface area contributed by atoms with Gasteiger partial charge in [0.25, 0.3) is 0 Å². The van der Waals surface area contributed by atoms with Crippen LogP contribution in [0.25, 0.3) is 0 Å². The van der Waals surface area contributed by atoms with E-state index in [1.54, 1.807) is 0 Å². The second-order valence-electron chi connectivity index (χ2n) is 5.22. The molecule has 0 saturated carbocycles. The largest absolute Gasteiger partial charge is 0.380 e. The van der Waals surface area contributed by atoms with Gasteiger partial charge in [-0.3, -0.25) is 4.90 Å². The fourth-order valence-electron chi connectivity index (χ4n) is 2.80. The molecule has 2 aliphatic rings. The third-order valence-corrected chi connectivity index (χ3v) is 3.81. The van der Waals surface area contributed by atoms with Crippen LogP contribution in [0, 0.1) is 0 Å². The Labute approximate surface area is 104 Å². The fraction of sp³-hybridized carbons (Fsp3) is 1.00. The lowest BCUT2D eigenvalue weighted by Gasteiger charge is -2.42. The van der Waals surface area contributed by atoms with E-state index in [0.29, 0.717) is 12.1 Å². The molecule has 0 amide bonds. The van der Waals surface area contributed by atoms with Crippen molar-refractivity contribution >= 4 is 0 Å². The third kappa shape index (κ3) is 3.65. The van der Waals surface area contributed by atoms with Gasteiger partial charge in [-0.25, -0.2) is 0 Å². The Hall–Kier alpha value is -0.160. The quantitative estimate of drug-likeness (QED) is 0.799. The van der Waals surface area contributed by atoms with Crippen molar-refractivity contribution in [2.45, 2.75) is 50.8 Å². The Kier molecular flexibility index (Phi) is 5.22. The molecule has 2 rings (SSSR count). The smallest absolute Gasteiger partial charge is 0.0702 e. The van der Waals surface area contributed by atoms with Gasteiger partial charge in [0.1, 0.15) is 0 Å². The molecular formula is C13H26N2O2. The number of piperidine rings is 1. The summed E-state index contributed by atoms with van der Waals surface area (Å²) in [4.78, 5) is 2.48. The maximum absolute atomic E-state index is 6.19. The van der Waals surface area contributed by atoms with E-state index in [4.69, 9.17) is 15.2 Å². The first-order valence-electron chi connectivity index (χ1n) is 7.00. The van der Waals surface area contributed by atoms with Gasteiger partial charge >= 0.3 is 0 Å². The Balaban J connectivity index is 1.83. The summed E-state index contributed by atoms with van der Waals surface area (Å²) in [5, 5.41) is 0. The molecule has 100 valence electrons. The number of likely N-dealkylation sites (tertiary alicyclic amines) is 1. The second kappa shape index (κ2) is 6.69. The van der Waals surface area contributed by atoms with Crippen LogP contribution in [0.1, 0.15) is 32.6 Å². The first-order chi connectivity index (χ1) is 8.31. The predicted octanol–water partition coefficient (Wildman–Crippen LogP) is 0.994. The van der Waals surface area contributed by atoms with Crippen molar-refractivity contribution in [1.82, 2.24) is 4.90 Å². The van der Waals surface area contributed by atoms with Crippen molar-refractivity contribution in [3.63, 3.8) is 0 Å². The third-order valence-electron chi connectivity index (χ3n) is 3.81. The van der Waals surface area contributed by atoms with Crippen LogP contribution >= 0.6 is 0 Å². The predicted molar refractivity (Wildman–Crippen MR) is 68.0 cm³/mol. The van der Waals surface area contributed by atoms with E-state index in [1.807, 2.05) is 0 Å². The zero-order chi connectivity index (χ0) is 12.1. The van der Waals surface area contributed by atoms with Crippen molar-refractivity contribution < 1.29 is 9.47 Å². The van der Waals surface area contributed by atoms with Gasteiger partial charge in [0.05, 0.1) is 12.7 Å². The van der Waals surface area contributed by atoms with Crippen LogP contribution in [0.15, 0.2) is 0 Å². The normalized spacial score (nSPS) is 36.0. The lowest BCUT2D eigenvalue weighted by molar-refractivity contribution is -0.0483. The molecule has 0 aromatic rings. The van der Waals surface area contributed by atoms with Crippen LogP contribution in [-0.4, -0.2) is 56.0 Å². The van der Waals surface area contributed by atoms with Crippen LogP contribution in [0.4, 0.5) is 0 Å². The van der Waals surface area contributed by atoms with Crippen LogP contribution in [-0.2, 0) is 9.47 Å². The highest BCUT2D eigenvalue weighted by Crippen LogP contribution is 2.20. The minimum atomic E-state index is 0.272. The van der Waals surface area contributed by atoms with E-state index >= 15 is 0 Å². The summed E-state index contributed by atoms with van der Waals surface area (Å²) in [6, 6.07) is 0.672. The summed E-state index contributed by atoms with van der Waals surface area (Å²) >= 11 is 0. The minimum Gasteiger partial charge on any atom is -0.380 e. The highest BCUT2D eigenvalue weighted by Gasteiger charge is 2.31. The van der Waals surface area contributed by atoms with Gasteiger partial charge in [-0.15, -0.1) is 0 Å². The molecule has 0 bridgehead atoms. The minimum absolute atomic E-state index is 0.272. The summed E-state index contributed by atoms with van der Waals surface area (Å²) in [6.45, 7) is 6.83. The molecule has 0 radical (unpaired) electrons. The molecule has 17 heavy (non-hydrogen) atoms. The summed E-state index contributed by atoms with van der Waals surface area (Å²) in [5.41, 5.74) is 6.19. The molecular weight excluding hydrogens is 216 g/mol. The van der Waals surface area contributed by atoms with Crippen LogP contribution < -0.4 is 5.73 Å². The van der Waals surface area contributed by atoms with Gasteiger partial charge in [0.15, 0.2) is 0 Å². The molecule has 2 saturated heterocycles. The molecule has 3 atom stereocenters. The Morgan fingerprint density at radius 1 is 1.41 bits per heavy atom. The van der Waals surface area contributed by atoms with E-state index in [-0.39, 0.29) is 6.04 Å². The topological polar surface area (TPSA) is 47.7 Å². The second-order valence-corrected chi connectivity index (χ2v) is 5.22. The average Bonchev–Trinajstić information content (AvgIpc) is 2.37. The number of nitrogens with two attached hydrogens (primary N) is 1. The van der Waals surface area contributed by atoms with Gasteiger partial charge in [-0.1, -0.05) is 6.92 Å². The lowest BCUT2D eigenvalue weighted by Crippen LogP contribution is -2.57. The first kappa shape index (κ1) is 13.3. The van der Waals surface area contributed by atoms with Crippen molar-refractivity contribution in [2.75, 3.05) is 32.9 Å². The zero-order valence-electron chi connectivity index (χ0n) is 10.9. The van der Waals surface area contributed by atoms with Crippen LogP contribution in [0.2, 0.25) is 0 Å². The Morgan fingerprint density at radius 2 is 2.29 bits per heavy atom. The summed E-state index contributed by atoms with van der Waals surface area (Å²) < 4.78 is 11.4. The molecule has 2 N–H and O–H groups in total. The number of rotatable bonds is 4. The Bertz CT molecular complexity index is 225. The zero-order valence-corrected chi connectivity index (χ0v) is 10.9. The molecule has 3 unspecified atom stereocenters. The summed E-state index contributed by atoms with van der Waals surface area (Å²) in [7, 11) is 0. The standard InChI is InChI=1S/C13H26N2O2/c1-2-7-17-11-4-3-6-15(9-11)13-10-16-8-5-12(13)14/h11-13H,2-10,14H2,1H3. The fourth-order valence-corrected chi connectivity index (χ4v) is 2.80. The molecule has 4 nitrogen and oxygen atoms in total. The van der Waals surface area contributed by atoms with Gasteiger partial charge in [0.2, 0.25) is 0 Å². The molecule has 2 aliphatic heterocycles. The first-order valence-corrected chi connectivity index (χ1v) is 7.00. The highest BCUT2D eigenvalue weighted by atomic mass is 16.5. The summed E-state index contributed by atoms with van der Waals surface area (Å²) in [5.74, 6) is 0. The van der Waals surface area contributed by atoms with Crippen molar-refractivity contribution in [1.29, 1.82) is 0 Å². The number of hydrogen-bond donors (Lipinski definition) is 1. The molecule has 0 aromatic heterocycles. The monoisotopic (exact) mass is 242 g/mol. The molecule has 0 spiro atoms. The van der Waals surface area contributed by atoms with Crippen molar-refractivity contribution in [3.05, 3.63) is 0 Å². The number of ether oxygens (including phenoxy) is 2. The number of hydrogen-bond acceptors (Lipinski definition) is 4. The van der Waals surface area contributed by atoms with Crippen molar-refractivity contribution in [3.8, 4) is 0 Å². The van der Waals surface area contributed by atoms with Crippen LogP contribution in [0.5, 0.6) is 0 Å². The lowest BCUT2D eigenvalue weighted by atomic mass is 9.99.